The van der Waals surface area contributed by atoms with E-state index >= 15 is 0 Å². The summed E-state index contributed by atoms with van der Waals surface area (Å²) in [7, 11) is 5.41. The van der Waals surface area contributed by atoms with E-state index in [4.69, 9.17) is 9.47 Å². The van der Waals surface area contributed by atoms with Crippen LogP contribution in [0.2, 0.25) is 0 Å². The number of nitrogens with one attached hydrogen (secondary N) is 2. The normalized spacial score (nSPS) is 11.6. The van der Waals surface area contributed by atoms with Crippen molar-refractivity contribution in [2.24, 2.45) is 7.05 Å². The van der Waals surface area contributed by atoms with Gasteiger partial charge in [0.15, 0.2) is 0 Å². The molecule has 0 saturated carbocycles. The van der Waals surface area contributed by atoms with E-state index in [9.17, 15) is 0 Å². The van der Waals surface area contributed by atoms with E-state index in [1.165, 1.54) is 0 Å². The van der Waals surface area contributed by atoms with Gasteiger partial charge in [-0.15, -0.1) is 0 Å². The summed E-state index contributed by atoms with van der Waals surface area (Å²) in [6, 6.07) is 14.2. The lowest BCUT2D eigenvalue weighted by molar-refractivity contribution is 0.415. The highest BCUT2D eigenvalue weighted by Gasteiger charge is 2.17. The van der Waals surface area contributed by atoms with E-state index in [0.717, 1.165) is 66.9 Å². The molecule has 158 valence electrons. The molecule has 2 aromatic carbocycles. The van der Waals surface area contributed by atoms with E-state index in [2.05, 4.69) is 48.9 Å². The summed E-state index contributed by atoms with van der Waals surface area (Å²) in [4.78, 5) is 16.0. The summed E-state index contributed by atoms with van der Waals surface area (Å²) in [5.74, 6) is 1.64. The summed E-state index contributed by atoms with van der Waals surface area (Å²) in [6.07, 6.45) is 5.71. The summed E-state index contributed by atoms with van der Waals surface area (Å²) < 4.78 is 13.0. The molecule has 7 heteroatoms. The Bertz CT molecular complexity index is 1620. The van der Waals surface area contributed by atoms with Crippen LogP contribution in [0.25, 0.3) is 55.4 Å². The monoisotopic (exact) mass is 423 g/mol. The topological polar surface area (TPSA) is 80.8 Å². The standard InChI is InChI=1S/C25H21N5O2/c1-30-12-20(17-9-15(32-3)5-7-23(17)30)22-10-18-24(27-13-28-25(18)29-22)19-11-26-21-6-4-14(31-2)8-16(19)21/h4-13,26H,1-3H3,(H,27,28,29). The molecule has 2 N–H and O–H groups in total. The second-order valence-corrected chi connectivity index (χ2v) is 7.82. The van der Waals surface area contributed by atoms with Crippen LogP contribution in [0.5, 0.6) is 11.5 Å². The van der Waals surface area contributed by atoms with E-state index in [0.29, 0.717) is 0 Å². The lowest BCUT2D eigenvalue weighted by Gasteiger charge is -2.02. The fourth-order valence-corrected chi connectivity index (χ4v) is 4.44. The first-order valence-corrected chi connectivity index (χ1v) is 10.3. The van der Waals surface area contributed by atoms with Crippen molar-refractivity contribution in [2.75, 3.05) is 14.2 Å². The van der Waals surface area contributed by atoms with Crippen molar-refractivity contribution < 1.29 is 9.47 Å². The fraction of sp³-hybridized carbons (Fsp3) is 0.120. The number of nitrogens with zero attached hydrogens (tertiary/aromatic N) is 3. The maximum absolute atomic E-state index is 5.45. The molecule has 0 amide bonds. The zero-order valence-corrected chi connectivity index (χ0v) is 17.9. The predicted octanol–water partition coefficient (Wildman–Crippen LogP) is 5.28. The molecule has 7 nitrogen and oxygen atoms in total. The van der Waals surface area contributed by atoms with Crippen molar-refractivity contribution in [3.8, 4) is 34.0 Å². The number of fused-ring (bicyclic) bond motifs is 3. The molecule has 4 heterocycles. The predicted molar refractivity (Wildman–Crippen MR) is 126 cm³/mol. The molecule has 6 aromatic rings. The molecule has 6 rings (SSSR count). The van der Waals surface area contributed by atoms with Crippen molar-refractivity contribution >= 4 is 32.8 Å². The second-order valence-electron chi connectivity index (χ2n) is 7.82. The Labute approximate surface area is 183 Å². The lowest BCUT2D eigenvalue weighted by atomic mass is 10.1. The molecule has 0 saturated heterocycles. The number of hydrogen-bond acceptors (Lipinski definition) is 4. The van der Waals surface area contributed by atoms with Crippen LogP contribution in [0.3, 0.4) is 0 Å². The SMILES string of the molecule is COc1ccc2[nH]cc(-c3ncnc4[nH]c(-c5cn(C)c6ccc(OC)cc56)cc34)c2c1. The molecule has 0 aliphatic heterocycles. The van der Waals surface area contributed by atoms with Crippen molar-refractivity contribution in [3.63, 3.8) is 0 Å². The number of ether oxygens (including phenoxy) is 2. The minimum absolute atomic E-state index is 0.794. The molecule has 0 aliphatic rings. The van der Waals surface area contributed by atoms with Crippen LogP contribution in [0, 0.1) is 0 Å². The van der Waals surface area contributed by atoms with Gasteiger partial charge in [0.05, 0.1) is 19.9 Å². The van der Waals surface area contributed by atoms with Gasteiger partial charge in [0.2, 0.25) is 0 Å². The third-order valence-corrected chi connectivity index (χ3v) is 6.06. The quantitative estimate of drug-likeness (QED) is 0.404. The molecule has 0 unspecified atom stereocenters. The van der Waals surface area contributed by atoms with Gasteiger partial charge in [-0.1, -0.05) is 0 Å². The Balaban J connectivity index is 1.57. The molecule has 0 bridgehead atoms. The smallest absolute Gasteiger partial charge is 0.141 e. The maximum Gasteiger partial charge on any atom is 0.141 e. The van der Waals surface area contributed by atoms with Crippen LogP contribution < -0.4 is 9.47 Å². The average molecular weight is 423 g/mol. The van der Waals surface area contributed by atoms with Crippen molar-refractivity contribution in [1.82, 2.24) is 24.5 Å². The Morgan fingerprint density at radius 2 is 1.62 bits per heavy atom. The minimum Gasteiger partial charge on any atom is -0.497 e. The number of H-pyrrole nitrogens is 2. The van der Waals surface area contributed by atoms with Gasteiger partial charge >= 0.3 is 0 Å². The third-order valence-electron chi connectivity index (χ3n) is 6.06. The summed E-state index contributed by atoms with van der Waals surface area (Å²) in [5.41, 5.74) is 6.91. The van der Waals surface area contributed by atoms with Gasteiger partial charge < -0.3 is 24.0 Å². The number of aromatic amines is 2. The van der Waals surface area contributed by atoms with Crippen LogP contribution >= 0.6 is 0 Å². The summed E-state index contributed by atoms with van der Waals surface area (Å²) >= 11 is 0. The second kappa shape index (κ2) is 6.88. The first kappa shape index (κ1) is 18.5. The zero-order chi connectivity index (χ0) is 21.8. The average Bonchev–Trinajstić information content (AvgIpc) is 3.53. The molecule has 0 aliphatic carbocycles. The Kier molecular flexibility index (Phi) is 3.98. The number of aryl methyl sites for hydroxylation is 1. The zero-order valence-electron chi connectivity index (χ0n) is 17.9. The maximum atomic E-state index is 5.45. The van der Waals surface area contributed by atoms with Gasteiger partial charge in [0, 0.05) is 63.5 Å². The molecular formula is C25H21N5O2. The highest BCUT2D eigenvalue weighted by molar-refractivity contribution is 6.05. The first-order valence-electron chi connectivity index (χ1n) is 10.3. The van der Waals surface area contributed by atoms with Gasteiger partial charge in [-0.05, 0) is 42.5 Å². The van der Waals surface area contributed by atoms with Gasteiger partial charge in [-0.2, -0.15) is 0 Å². The third kappa shape index (κ3) is 2.68. The molecule has 32 heavy (non-hydrogen) atoms. The molecular weight excluding hydrogens is 402 g/mol. The minimum atomic E-state index is 0.794. The Morgan fingerprint density at radius 3 is 2.44 bits per heavy atom. The van der Waals surface area contributed by atoms with E-state index in [1.807, 2.05) is 37.5 Å². The molecule has 4 aromatic heterocycles. The van der Waals surface area contributed by atoms with E-state index < -0.39 is 0 Å². The van der Waals surface area contributed by atoms with Gasteiger partial charge in [0.1, 0.15) is 23.5 Å². The fourth-order valence-electron chi connectivity index (χ4n) is 4.44. The van der Waals surface area contributed by atoms with Gasteiger partial charge in [-0.25, -0.2) is 9.97 Å². The van der Waals surface area contributed by atoms with Crippen molar-refractivity contribution in [3.05, 3.63) is 61.2 Å². The Hall–Kier alpha value is -4.26. The van der Waals surface area contributed by atoms with Crippen molar-refractivity contribution in [1.29, 1.82) is 0 Å². The van der Waals surface area contributed by atoms with Crippen LogP contribution in [0.15, 0.2) is 61.2 Å². The summed E-state index contributed by atoms with van der Waals surface area (Å²) in [6.45, 7) is 0. The Morgan fingerprint density at radius 1 is 0.844 bits per heavy atom. The number of methoxy groups -OCH3 is 2. The van der Waals surface area contributed by atoms with Crippen molar-refractivity contribution in [2.45, 2.75) is 0 Å². The first-order chi connectivity index (χ1) is 15.7. The number of rotatable bonds is 4. The highest BCUT2D eigenvalue weighted by Crippen LogP contribution is 2.37. The van der Waals surface area contributed by atoms with E-state index in [1.54, 1.807) is 20.5 Å². The molecule has 0 spiro atoms. The largest absolute Gasteiger partial charge is 0.497 e. The molecule has 0 fully saturated rings. The van der Waals surface area contributed by atoms with Crippen LogP contribution in [0.1, 0.15) is 0 Å². The highest BCUT2D eigenvalue weighted by atomic mass is 16.5. The number of benzene rings is 2. The number of aromatic nitrogens is 5. The lowest BCUT2D eigenvalue weighted by Crippen LogP contribution is -1.87. The van der Waals surface area contributed by atoms with Crippen LogP contribution in [-0.4, -0.2) is 38.7 Å². The van der Waals surface area contributed by atoms with E-state index in [-0.39, 0.29) is 0 Å². The summed E-state index contributed by atoms with van der Waals surface area (Å²) in [5, 5.41) is 3.14. The molecule has 0 atom stereocenters. The number of hydrogen-bond donors (Lipinski definition) is 2. The van der Waals surface area contributed by atoms with Gasteiger partial charge in [-0.3, -0.25) is 0 Å². The van der Waals surface area contributed by atoms with Crippen LogP contribution in [0.4, 0.5) is 0 Å². The van der Waals surface area contributed by atoms with Gasteiger partial charge in [0.25, 0.3) is 0 Å². The van der Waals surface area contributed by atoms with Crippen LogP contribution in [-0.2, 0) is 7.05 Å². The molecule has 0 radical (unpaired) electrons.